The van der Waals surface area contributed by atoms with Crippen LogP contribution < -0.4 is 10.1 Å². The number of fused-ring (bicyclic) bond motifs is 1. The van der Waals surface area contributed by atoms with E-state index in [2.05, 4.69) is 56.2 Å². The van der Waals surface area contributed by atoms with Crippen LogP contribution in [0.25, 0.3) is 11.0 Å². The van der Waals surface area contributed by atoms with E-state index in [1.807, 2.05) is 25.2 Å². The second kappa shape index (κ2) is 7.39. The summed E-state index contributed by atoms with van der Waals surface area (Å²) < 4.78 is 8.04. The molecule has 25 heavy (non-hydrogen) atoms. The van der Waals surface area contributed by atoms with Gasteiger partial charge >= 0.3 is 0 Å². The molecule has 0 bridgehead atoms. The van der Waals surface area contributed by atoms with Gasteiger partial charge in [0.05, 0.1) is 18.5 Å². The van der Waals surface area contributed by atoms with Crippen LogP contribution in [0, 0.1) is 5.92 Å². The Labute approximate surface area is 155 Å². The molecule has 1 unspecified atom stereocenters. The third-order valence-corrected chi connectivity index (χ3v) is 4.67. The SMILES string of the molecule is COc1ccccc1C(CC(C)C)Nc1ncnc2c1c(Br)nn2C. The molecular formula is C18H22BrN5O. The first-order valence-electron chi connectivity index (χ1n) is 8.24. The number of anilines is 1. The predicted octanol–water partition coefficient (Wildman–Crippen LogP) is 4.33. The molecule has 3 rings (SSSR count). The average molecular weight is 404 g/mol. The zero-order valence-corrected chi connectivity index (χ0v) is 16.4. The lowest BCUT2D eigenvalue weighted by atomic mass is 9.96. The molecule has 0 radical (unpaired) electrons. The molecule has 2 heterocycles. The van der Waals surface area contributed by atoms with E-state index in [1.165, 1.54) is 0 Å². The Morgan fingerprint density at radius 2 is 2.00 bits per heavy atom. The molecular weight excluding hydrogens is 382 g/mol. The largest absolute Gasteiger partial charge is 0.496 e. The summed E-state index contributed by atoms with van der Waals surface area (Å²) in [7, 11) is 3.57. The highest BCUT2D eigenvalue weighted by molar-refractivity contribution is 9.10. The van der Waals surface area contributed by atoms with Crippen LogP contribution in [0.2, 0.25) is 0 Å². The summed E-state index contributed by atoms with van der Waals surface area (Å²) >= 11 is 3.52. The highest BCUT2D eigenvalue weighted by Crippen LogP contribution is 2.34. The van der Waals surface area contributed by atoms with Crippen molar-refractivity contribution in [3.63, 3.8) is 0 Å². The van der Waals surface area contributed by atoms with E-state index in [9.17, 15) is 0 Å². The number of rotatable bonds is 6. The van der Waals surface area contributed by atoms with E-state index in [-0.39, 0.29) is 6.04 Å². The van der Waals surface area contributed by atoms with Crippen LogP contribution in [0.4, 0.5) is 5.82 Å². The van der Waals surface area contributed by atoms with Crippen LogP contribution in [0.3, 0.4) is 0 Å². The summed E-state index contributed by atoms with van der Waals surface area (Å²) in [5, 5.41) is 8.86. The number of benzene rings is 1. The fourth-order valence-corrected chi connectivity index (χ4v) is 3.61. The maximum absolute atomic E-state index is 5.56. The lowest BCUT2D eigenvalue weighted by molar-refractivity contribution is 0.402. The Morgan fingerprint density at radius 3 is 2.72 bits per heavy atom. The van der Waals surface area contributed by atoms with Crippen molar-refractivity contribution in [1.82, 2.24) is 19.7 Å². The van der Waals surface area contributed by atoms with Crippen molar-refractivity contribution in [2.45, 2.75) is 26.3 Å². The molecule has 1 aromatic carbocycles. The zero-order chi connectivity index (χ0) is 18.0. The fraction of sp³-hybridized carbons (Fsp3) is 0.389. The van der Waals surface area contributed by atoms with Crippen LogP contribution in [-0.4, -0.2) is 26.9 Å². The number of nitrogens with one attached hydrogen (secondary N) is 1. The average Bonchev–Trinajstić information content (AvgIpc) is 2.89. The van der Waals surface area contributed by atoms with E-state index in [1.54, 1.807) is 18.1 Å². The first-order chi connectivity index (χ1) is 12.0. The number of aromatic nitrogens is 4. The number of hydrogen-bond acceptors (Lipinski definition) is 5. The normalized spacial score (nSPS) is 12.6. The molecule has 0 aliphatic rings. The number of methoxy groups -OCH3 is 1. The molecule has 132 valence electrons. The summed E-state index contributed by atoms with van der Waals surface area (Å²) in [6.45, 7) is 4.42. The van der Waals surface area contributed by atoms with Gasteiger partial charge in [0.15, 0.2) is 5.65 Å². The maximum atomic E-state index is 5.56. The summed E-state index contributed by atoms with van der Waals surface area (Å²) in [5.41, 5.74) is 1.90. The predicted molar refractivity (Wildman–Crippen MR) is 103 cm³/mol. The number of ether oxygens (including phenoxy) is 1. The summed E-state index contributed by atoms with van der Waals surface area (Å²) in [6, 6.07) is 8.16. The summed E-state index contributed by atoms with van der Waals surface area (Å²) in [6.07, 6.45) is 2.51. The number of para-hydroxylation sites is 1. The van der Waals surface area contributed by atoms with Gasteiger partial charge in [-0.1, -0.05) is 32.0 Å². The molecule has 1 N–H and O–H groups in total. The Hall–Kier alpha value is -2.15. The Morgan fingerprint density at radius 1 is 1.24 bits per heavy atom. The Balaban J connectivity index is 2.05. The van der Waals surface area contributed by atoms with Gasteiger partial charge in [0, 0.05) is 12.6 Å². The topological polar surface area (TPSA) is 64.9 Å². The van der Waals surface area contributed by atoms with E-state index in [4.69, 9.17) is 4.74 Å². The molecule has 0 aliphatic heterocycles. The van der Waals surface area contributed by atoms with Crippen LogP contribution in [0.1, 0.15) is 31.9 Å². The van der Waals surface area contributed by atoms with Gasteiger partial charge in [0.1, 0.15) is 22.5 Å². The van der Waals surface area contributed by atoms with Gasteiger partial charge in [-0.25, -0.2) is 14.6 Å². The maximum Gasteiger partial charge on any atom is 0.164 e. The van der Waals surface area contributed by atoms with Crippen molar-refractivity contribution < 1.29 is 4.74 Å². The molecule has 0 spiro atoms. The van der Waals surface area contributed by atoms with Gasteiger partial charge in [-0.3, -0.25) is 0 Å². The van der Waals surface area contributed by atoms with Crippen molar-refractivity contribution in [1.29, 1.82) is 0 Å². The van der Waals surface area contributed by atoms with Gasteiger partial charge in [0.2, 0.25) is 0 Å². The monoisotopic (exact) mass is 403 g/mol. The second-order valence-corrected chi connectivity index (χ2v) is 7.15. The minimum atomic E-state index is 0.0707. The molecule has 1 atom stereocenters. The van der Waals surface area contributed by atoms with Crippen molar-refractivity contribution >= 4 is 32.8 Å². The van der Waals surface area contributed by atoms with Gasteiger partial charge < -0.3 is 10.1 Å². The lowest BCUT2D eigenvalue weighted by Gasteiger charge is -2.23. The van der Waals surface area contributed by atoms with Crippen molar-refractivity contribution in [2.24, 2.45) is 13.0 Å². The summed E-state index contributed by atoms with van der Waals surface area (Å²) in [5.74, 6) is 2.15. The summed E-state index contributed by atoms with van der Waals surface area (Å²) in [4.78, 5) is 8.79. The molecule has 0 aliphatic carbocycles. The number of hydrogen-bond donors (Lipinski definition) is 1. The molecule has 0 saturated carbocycles. The third kappa shape index (κ3) is 3.61. The van der Waals surface area contributed by atoms with Crippen molar-refractivity contribution in [3.8, 4) is 5.75 Å². The Kier molecular flexibility index (Phi) is 5.22. The van der Waals surface area contributed by atoms with E-state index in [0.717, 1.165) is 39.2 Å². The lowest BCUT2D eigenvalue weighted by Crippen LogP contribution is -2.15. The Bertz CT molecular complexity index is 877. The first-order valence-corrected chi connectivity index (χ1v) is 9.03. The van der Waals surface area contributed by atoms with Crippen LogP contribution in [0.5, 0.6) is 5.75 Å². The zero-order valence-electron chi connectivity index (χ0n) is 14.8. The number of nitrogens with zero attached hydrogens (tertiary/aromatic N) is 4. The van der Waals surface area contributed by atoms with Crippen molar-refractivity contribution in [3.05, 3.63) is 40.8 Å². The quantitative estimate of drug-likeness (QED) is 0.663. The van der Waals surface area contributed by atoms with Crippen LogP contribution in [0.15, 0.2) is 35.2 Å². The highest BCUT2D eigenvalue weighted by atomic mass is 79.9. The van der Waals surface area contributed by atoms with Crippen molar-refractivity contribution in [2.75, 3.05) is 12.4 Å². The number of halogens is 1. The van der Waals surface area contributed by atoms with E-state index < -0.39 is 0 Å². The minimum absolute atomic E-state index is 0.0707. The molecule has 0 fully saturated rings. The van der Waals surface area contributed by atoms with E-state index >= 15 is 0 Å². The van der Waals surface area contributed by atoms with Gasteiger partial charge in [-0.05, 0) is 34.3 Å². The first kappa shape index (κ1) is 17.7. The molecule has 7 heteroatoms. The minimum Gasteiger partial charge on any atom is -0.496 e. The van der Waals surface area contributed by atoms with Crippen LogP contribution >= 0.6 is 15.9 Å². The van der Waals surface area contributed by atoms with Crippen LogP contribution in [-0.2, 0) is 7.05 Å². The molecule has 6 nitrogen and oxygen atoms in total. The molecule has 3 aromatic rings. The molecule has 0 saturated heterocycles. The molecule has 2 aromatic heterocycles. The highest BCUT2D eigenvalue weighted by Gasteiger charge is 2.21. The molecule has 0 amide bonds. The van der Waals surface area contributed by atoms with Gasteiger partial charge in [-0.2, -0.15) is 5.10 Å². The van der Waals surface area contributed by atoms with Gasteiger partial charge in [-0.15, -0.1) is 0 Å². The van der Waals surface area contributed by atoms with Gasteiger partial charge in [0.25, 0.3) is 0 Å². The number of aryl methyl sites for hydroxylation is 1. The smallest absolute Gasteiger partial charge is 0.164 e. The standard InChI is InChI=1S/C18H22BrN5O/c1-11(2)9-13(12-7-5-6-8-14(12)25-4)22-17-15-16(19)23-24(3)18(15)21-10-20-17/h5-8,10-11,13H,9H2,1-4H3,(H,20,21,22). The van der Waals surface area contributed by atoms with E-state index in [0.29, 0.717) is 5.92 Å². The second-order valence-electron chi connectivity index (χ2n) is 6.40. The fourth-order valence-electron chi connectivity index (χ4n) is 3.00. The third-order valence-electron chi connectivity index (χ3n) is 4.11.